The van der Waals surface area contributed by atoms with Crippen molar-refractivity contribution in [1.82, 2.24) is 10.2 Å². The molecule has 0 atom stereocenters. The molecule has 0 unspecified atom stereocenters. The molecule has 0 spiro atoms. The van der Waals surface area contributed by atoms with Gasteiger partial charge in [-0.3, -0.25) is 4.79 Å². The van der Waals surface area contributed by atoms with Crippen molar-refractivity contribution in [3.63, 3.8) is 0 Å². The summed E-state index contributed by atoms with van der Waals surface area (Å²) in [5.41, 5.74) is 0. The summed E-state index contributed by atoms with van der Waals surface area (Å²) in [6.07, 6.45) is 3.43. The van der Waals surface area contributed by atoms with E-state index in [9.17, 15) is 4.79 Å². The summed E-state index contributed by atoms with van der Waals surface area (Å²) in [5, 5.41) is 12.3. The van der Waals surface area contributed by atoms with E-state index in [-0.39, 0.29) is 5.91 Å². The molecule has 0 aliphatic rings. The lowest BCUT2D eigenvalue weighted by molar-refractivity contribution is -0.115. The molecule has 16 heavy (non-hydrogen) atoms. The zero-order valence-electron chi connectivity index (χ0n) is 9.82. The predicted molar refractivity (Wildman–Crippen MR) is 70.1 cm³/mol. The van der Waals surface area contributed by atoms with Gasteiger partial charge in [-0.05, 0) is 12.2 Å². The third-order valence-corrected chi connectivity index (χ3v) is 3.30. The summed E-state index contributed by atoms with van der Waals surface area (Å²) in [4.78, 5) is 11.4. The number of nitrogens with one attached hydrogen (secondary N) is 1. The van der Waals surface area contributed by atoms with Gasteiger partial charge in [-0.15, -0.1) is 10.2 Å². The molecule has 0 saturated carbocycles. The Balaban J connectivity index is 2.42. The predicted octanol–water partition coefficient (Wildman–Crippen LogP) is 2.43. The van der Waals surface area contributed by atoms with Crippen LogP contribution in [0.5, 0.6) is 0 Å². The molecule has 1 aromatic heterocycles. The van der Waals surface area contributed by atoms with E-state index >= 15 is 0 Å². The van der Waals surface area contributed by atoms with Crippen LogP contribution in [0.15, 0.2) is 0 Å². The zero-order valence-corrected chi connectivity index (χ0v) is 11.5. The Kier molecular flexibility index (Phi) is 5.76. The Labute approximate surface area is 104 Å². The molecule has 0 aliphatic carbocycles. The first-order valence-corrected chi connectivity index (χ1v) is 7.44. The van der Waals surface area contributed by atoms with Gasteiger partial charge in [0.2, 0.25) is 11.0 Å². The number of carbonyl (C=O) groups excluding carboxylic acids is 1. The highest BCUT2D eigenvalue weighted by molar-refractivity contribution is 7.98. The number of anilines is 1. The molecule has 0 aliphatic heterocycles. The van der Waals surface area contributed by atoms with Crippen LogP contribution in [0.4, 0.5) is 5.13 Å². The van der Waals surface area contributed by atoms with E-state index in [2.05, 4.69) is 29.4 Å². The number of hydrogen-bond acceptors (Lipinski definition) is 5. The van der Waals surface area contributed by atoms with Crippen LogP contribution < -0.4 is 5.32 Å². The molecule has 0 fully saturated rings. The van der Waals surface area contributed by atoms with E-state index in [0.29, 0.717) is 17.5 Å². The van der Waals surface area contributed by atoms with Crippen molar-refractivity contribution in [2.45, 2.75) is 26.7 Å². The van der Waals surface area contributed by atoms with Crippen LogP contribution in [0.2, 0.25) is 0 Å². The Morgan fingerprint density at radius 2 is 2.25 bits per heavy atom. The lowest BCUT2D eigenvalue weighted by Gasteiger charge is -1.99. The van der Waals surface area contributed by atoms with Gasteiger partial charge in [0.1, 0.15) is 5.01 Å². The van der Waals surface area contributed by atoms with Crippen molar-refractivity contribution in [2.24, 2.45) is 5.92 Å². The number of nitrogens with zero attached hydrogens (tertiary/aromatic N) is 2. The highest BCUT2D eigenvalue weighted by Gasteiger charge is 2.08. The average Bonchev–Trinajstić information content (AvgIpc) is 2.61. The SMILES string of the molecule is CSCCC(=O)Nc1nnc(CC(C)C)s1. The van der Waals surface area contributed by atoms with Gasteiger partial charge < -0.3 is 5.32 Å². The normalized spacial score (nSPS) is 10.8. The number of hydrogen-bond donors (Lipinski definition) is 1. The van der Waals surface area contributed by atoms with Crippen LogP contribution in [0.3, 0.4) is 0 Å². The lowest BCUT2D eigenvalue weighted by Crippen LogP contribution is -2.11. The Bertz CT molecular complexity index is 339. The molecule has 4 nitrogen and oxygen atoms in total. The fourth-order valence-corrected chi connectivity index (χ4v) is 2.47. The van der Waals surface area contributed by atoms with Crippen LogP contribution in [-0.4, -0.2) is 28.1 Å². The minimum atomic E-state index is 0.0154. The van der Waals surface area contributed by atoms with E-state index < -0.39 is 0 Å². The highest BCUT2D eigenvalue weighted by Crippen LogP contribution is 2.18. The number of amides is 1. The molecule has 1 aromatic rings. The van der Waals surface area contributed by atoms with Crippen LogP contribution in [0.25, 0.3) is 0 Å². The van der Waals surface area contributed by atoms with E-state index in [0.717, 1.165) is 17.2 Å². The number of aromatic nitrogens is 2. The maximum absolute atomic E-state index is 11.4. The summed E-state index contributed by atoms with van der Waals surface area (Å²) < 4.78 is 0. The van der Waals surface area contributed by atoms with Gasteiger partial charge in [0.15, 0.2) is 0 Å². The molecular formula is C10H17N3OS2. The molecule has 0 bridgehead atoms. The zero-order chi connectivity index (χ0) is 12.0. The average molecular weight is 259 g/mol. The molecule has 0 radical (unpaired) electrons. The third-order valence-electron chi connectivity index (χ3n) is 1.83. The summed E-state index contributed by atoms with van der Waals surface area (Å²) in [6.45, 7) is 4.27. The van der Waals surface area contributed by atoms with E-state index in [4.69, 9.17) is 0 Å². The summed E-state index contributed by atoms with van der Waals surface area (Å²) in [5.74, 6) is 1.42. The highest BCUT2D eigenvalue weighted by atomic mass is 32.2. The summed E-state index contributed by atoms with van der Waals surface area (Å²) >= 11 is 3.12. The van der Waals surface area contributed by atoms with E-state index in [1.54, 1.807) is 11.8 Å². The van der Waals surface area contributed by atoms with Crippen molar-refractivity contribution < 1.29 is 4.79 Å². The van der Waals surface area contributed by atoms with Gasteiger partial charge in [0.05, 0.1) is 0 Å². The Hall–Kier alpha value is -0.620. The molecule has 1 rings (SSSR count). The van der Waals surface area contributed by atoms with Gasteiger partial charge >= 0.3 is 0 Å². The summed E-state index contributed by atoms with van der Waals surface area (Å²) in [7, 11) is 0. The monoisotopic (exact) mass is 259 g/mol. The number of carbonyl (C=O) groups is 1. The smallest absolute Gasteiger partial charge is 0.227 e. The minimum absolute atomic E-state index is 0.0154. The van der Waals surface area contributed by atoms with Crippen molar-refractivity contribution >= 4 is 34.1 Å². The van der Waals surface area contributed by atoms with Gasteiger partial charge in [-0.2, -0.15) is 11.8 Å². The van der Waals surface area contributed by atoms with Crippen LogP contribution in [-0.2, 0) is 11.2 Å². The first-order chi connectivity index (χ1) is 7.61. The Morgan fingerprint density at radius 1 is 1.50 bits per heavy atom. The fourth-order valence-electron chi connectivity index (χ4n) is 1.11. The number of thioether (sulfide) groups is 1. The van der Waals surface area contributed by atoms with Gasteiger partial charge in [-0.1, -0.05) is 25.2 Å². The van der Waals surface area contributed by atoms with Crippen molar-refractivity contribution in [3.05, 3.63) is 5.01 Å². The molecule has 0 saturated heterocycles. The van der Waals surface area contributed by atoms with Gasteiger partial charge in [0.25, 0.3) is 0 Å². The number of rotatable bonds is 6. The fraction of sp³-hybridized carbons (Fsp3) is 0.700. The first-order valence-electron chi connectivity index (χ1n) is 5.23. The molecule has 1 N–H and O–H groups in total. The molecular weight excluding hydrogens is 242 g/mol. The molecule has 0 aromatic carbocycles. The van der Waals surface area contributed by atoms with Crippen LogP contribution >= 0.6 is 23.1 Å². The lowest BCUT2D eigenvalue weighted by atomic mass is 10.1. The maximum Gasteiger partial charge on any atom is 0.227 e. The summed E-state index contributed by atoms with van der Waals surface area (Å²) in [6, 6.07) is 0. The van der Waals surface area contributed by atoms with Gasteiger partial charge in [-0.25, -0.2) is 0 Å². The topological polar surface area (TPSA) is 54.9 Å². The Morgan fingerprint density at radius 3 is 2.88 bits per heavy atom. The van der Waals surface area contributed by atoms with E-state index in [1.165, 1.54) is 11.3 Å². The van der Waals surface area contributed by atoms with Gasteiger partial charge in [0, 0.05) is 18.6 Å². The van der Waals surface area contributed by atoms with Crippen molar-refractivity contribution in [2.75, 3.05) is 17.3 Å². The second kappa shape index (κ2) is 6.85. The first kappa shape index (κ1) is 13.4. The molecule has 1 amide bonds. The van der Waals surface area contributed by atoms with Crippen molar-refractivity contribution in [1.29, 1.82) is 0 Å². The van der Waals surface area contributed by atoms with Crippen molar-refractivity contribution in [3.8, 4) is 0 Å². The quantitative estimate of drug-likeness (QED) is 0.852. The van der Waals surface area contributed by atoms with Crippen LogP contribution in [0, 0.1) is 5.92 Å². The second-order valence-electron chi connectivity index (χ2n) is 3.89. The van der Waals surface area contributed by atoms with E-state index in [1.807, 2.05) is 6.26 Å². The molecule has 1 heterocycles. The maximum atomic E-state index is 11.4. The standard InChI is InChI=1S/C10H17N3OS2/c1-7(2)6-9-12-13-10(16-9)11-8(14)4-5-15-3/h7H,4-6H2,1-3H3,(H,11,13,14). The third kappa shape index (κ3) is 4.94. The molecule has 90 valence electrons. The minimum Gasteiger partial charge on any atom is -0.301 e. The van der Waals surface area contributed by atoms with Crippen LogP contribution in [0.1, 0.15) is 25.3 Å². The largest absolute Gasteiger partial charge is 0.301 e. The second-order valence-corrected chi connectivity index (χ2v) is 5.94. The molecule has 6 heteroatoms.